The lowest BCUT2D eigenvalue weighted by molar-refractivity contribution is -0.118. The molecule has 0 aliphatic rings. The molecule has 0 spiro atoms. The summed E-state index contributed by atoms with van der Waals surface area (Å²) in [6.45, 7) is 2.53. The van der Waals surface area contributed by atoms with Gasteiger partial charge in [-0.05, 0) is 19.1 Å². The SMILES string of the molecule is Cc1ncc(CNC(=O)CSc2ccccc2)s1. The van der Waals surface area contributed by atoms with Crippen LogP contribution in [-0.2, 0) is 11.3 Å². The molecule has 0 aliphatic carbocycles. The minimum Gasteiger partial charge on any atom is -0.350 e. The van der Waals surface area contributed by atoms with E-state index in [-0.39, 0.29) is 5.91 Å². The lowest BCUT2D eigenvalue weighted by atomic mass is 10.4. The molecule has 94 valence electrons. The monoisotopic (exact) mass is 278 g/mol. The third kappa shape index (κ3) is 4.16. The number of aryl methyl sites for hydroxylation is 1. The van der Waals surface area contributed by atoms with Crippen molar-refractivity contribution in [2.45, 2.75) is 18.4 Å². The number of nitrogens with zero attached hydrogens (tertiary/aromatic N) is 1. The smallest absolute Gasteiger partial charge is 0.230 e. The molecule has 3 nitrogen and oxygen atoms in total. The van der Waals surface area contributed by atoms with Crippen LogP contribution in [0.1, 0.15) is 9.88 Å². The van der Waals surface area contributed by atoms with E-state index >= 15 is 0 Å². The second-order valence-corrected chi connectivity index (χ2v) is 6.09. The van der Waals surface area contributed by atoms with Crippen molar-refractivity contribution in [3.63, 3.8) is 0 Å². The van der Waals surface area contributed by atoms with Crippen molar-refractivity contribution < 1.29 is 4.79 Å². The van der Waals surface area contributed by atoms with Crippen LogP contribution in [0.2, 0.25) is 0 Å². The largest absolute Gasteiger partial charge is 0.350 e. The summed E-state index contributed by atoms with van der Waals surface area (Å²) in [4.78, 5) is 18.0. The summed E-state index contributed by atoms with van der Waals surface area (Å²) in [5.74, 6) is 0.497. The number of carbonyl (C=O) groups excluding carboxylic acids is 1. The summed E-state index contributed by atoms with van der Waals surface area (Å²) >= 11 is 3.16. The first-order chi connectivity index (χ1) is 8.74. The van der Waals surface area contributed by atoms with Gasteiger partial charge in [0.2, 0.25) is 5.91 Å². The van der Waals surface area contributed by atoms with E-state index in [0.717, 1.165) is 14.8 Å². The molecule has 2 rings (SSSR count). The number of aromatic nitrogens is 1. The molecule has 0 fully saturated rings. The zero-order valence-corrected chi connectivity index (χ0v) is 11.7. The molecule has 0 radical (unpaired) electrons. The maximum absolute atomic E-state index is 11.6. The van der Waals surface area contributed by atoms with Crippen LogP contribution < -0.4 is 5.32 Å². The van der Waals surface area contributed by atoms with Crippen LogP contribution in [0.25, 0.3) is 0 Å². The van der Waals surface area contributed by atoms with E-state index in [1.165, 1.54) is 0 Å². The first kappa shape index (κ1) is 13.1. The summed E-state index contributed by atoms with van der Waals surface area (Å²) < 4.78 is 0. The Bertz CT molecular complexity index is 511. The van der Waals surface area contributed by atoms with E-state index in [4.69, 9.17) is 0 Å². The van der Waals surface area contributed by atoms with Crippen molar-refractivity contribution in [1.82, 2.24) is 10.3 Å². The predicted octanol–water partition coefficient (Wildman–Crippen LogP) is 2.86. The molecular weight excluding hydrogens is 264 g/mol. The number of hydrogen-bond acceptors (Lipinski definition) is 4. The standard InChI is InChI=1S/C13H14N2OS2/c1-10-14-7-12(18-10)8-15-13(16)9-17-11-5-3-2-4-6-11/h2-7H,8-9H2,1H3,(H,15,16). The Hall–Kier alpha value is -1.33. The molecular formula is C13H14N2OS2. The highest BCUT2D eigenvalue weighted by Gasteiger charge is 2.04. The van der Waals surface area contributed by atoms with Gasteiger partial charge in [0.05, 0.1) is 17.3 Å². The number of amides is 1. The van der Waals surface area contributed by atoms with Gasteiger partial charge in [-0.3, -0.25) is 4.79 Å². The highest BCUT2D eigenvalue weighted by Crippen LogP contribution is 2.16. The van der Waals surface area contributed by atoms with Gasteiger partial charge in [0.25, 0.3) is 0 Å². The summed E-state index contributed by atoms with van der Waals surface area (Å²) in [7, 11) is 0. The fourth-order valence-electron chi connectivity index (χ4n) is 1.39. The van der Waals surface area contributed by atoms with Crippen LogP contribution in [0.4, 0.5) is 0 Å². The molecule has 18 heavy (non-hydrogen) atoms. The van der Waals surface area contributed by atoms with Crippen molar-refractivity contribution in [3.05, 3.63) is 46.4 Å². The van der Waals surface area contributed by atoms with Crippen molar-refractivity contribution >= 4 is 29.0 Å². The van der Waals surface area contributed by atoms with Gasteiger partial charge in [0.1, 0.15) is 0 Å². The molecule has 0 aliphatic heterocycles. The fourth-order valence-corrected chi connectivity index (χ4v) is 2.87. The summed E-state index contributed by atoms with van der Waals surface area (Å²) in [6, 6.07) is 9.92. The second kappa shape index (κ2) is 6.56. The Morgan fingerprint density at radius 2 is 2.17 bits per heavy atom. The summed E-state index contributed by atoms with van der Waals surface area (Å²) in [5.41, 5.74) is 0. The first-order valence-electron chi connectivity index (χ1n) is 5.60. The lowest BCUT2D eigenvalue weighted by Gasteiger charge is -2.03. The molecule has 1 aromatic heterocycles. The van der Waals surface area contributed by atoms with E-state index in [1.54, 1.807) is 23.1 Å². The maximum atomic E-state index is 11.6. The van der Waals surface area contributed by atoms with Crippen molar-refractivity contribution in [2.75, 3.05) is 5.75 Å². The highest BCUT2D eigenvalue weighted by molar-refractivity contribution is 8.00. The zero-order valence-electron chi connectivity index (χ0n) is 10.1. The normalized spacial score (nSPS) is 10.3. The van der Waals surface area contributed by atoms with Crippen molar-refractivity contribution in [3.8, 4) is 0 Å². The van der Waals surface area contributed by atoms with E-state index in [2.05, 4.69) is 10.3 Å². The topological polar surface area (TPSA) is 42.0 Å². The van der Waals surface area contributed by atoms with Crippen molar-refractivity contribution in [1.29, 1.82) is 0 Å². The van der Waals surface area contributed by atoms with Gasteiger partial charge >= 0.3 is 0 Å². The molecule has 1 heterocycles. The summed E-state index contributed by atoms with van der Waals surface area (Å²) in [5, 5.41) is 3.92. The van der Waals surface area contributed by atoms with Gasteiger partial charge in [-0.25, -0.2) is 4.98 Å². The van der Waals surface area contributed by atoms with E-state index in [0.29, 0.717) is 12.3 Å². The second-order valence-electron chi connectivity index (χ2n) is 3.72. The Morgan fingerprint density at radius 1 is 1.39 bits per heavy atom. The van der Waals surface area contributed by atoms with E-state index < -0.39 is 0 Å². The zero-order chi connectivity index (χ0) is 12.8. The number of hydrogen-bond donors (Lipinski definition) is 1. The quantitative estimate of drug-likeness (QED) is 0.855. The summed E-state index contributed by atoms with van der Waals surface area (Å²) in [6.07, 6.45) is 1.81. The van der Waals surface area contributed by atoms with Crippen LogP contribution in [0.5, 0.6) is 0 Å². The maximum Gasteiger partial charge on any atom is 0.230 e. The third-order valence-electron chi connectivity index (χ3n) is 2.24. The molecule has 0 saturated heterocycles. The first-order valence-corrected chi connectivity index (χ1v) is 7.40. The number of benzene rings is 1. The van der Waals surface area contributed by atoms with Gasteiger partial charge in [-0.2, -0.15) is 0 Å². The molecule has 1 aromatic carbocycles. The van der Waals surface area contributed by atoms with E-state index in [9.17, 15) is 4.79 Å². The fraction of sp³-hybridized carbons (Fsp3) is 0.231. The molecule has 1 amide bonds. The molecule has 5 heteroatoms. The van der Waals surface area contributed by atoms with Gasteiger partial charge < -0.3 is 5.32 Å². The molecule has 2 aromatic rings. The molecule has 1 N–H and O–H groups in total. The van der Waals surface area contributed by atoms with Crippen LogP contribution in [0, 0.1) is 6.92 Å². The van der Waals surface area contributed by atoms with Gasteiger partial charge in [-0.1, -0.05) is 18.2 Å². The number of nitrogens with one attached hydrogen (secondary N) is 1. The average Bonchev–Trinajstić information content (AvgIpc) is 2.81. The van der Waals surface area contributed by atoms with Crippen LogP contribution >= 0.6 is 23.1 Å². The Labute approximate surface area is 115 Å². The minimum atomic E-state index is 0.0508. The number of carbonyl (C=O) groups is 1. The third-order valence-corrected chi connectivity index (χ3v) is 4.17. The van der Waals surface area contributed by atoms with Gasteiger partial charge in [0, 0.05) is 16.0 Å². The Morgan fingerprint density at radius 3 is 2.83 bits per heavy atom. The van der Waals surface area contributed by atoms with Crippen LogP contribution in [0.15, 0.2) is 41.4 Å². The highest BCUT2D eigenvalue weighted by atomic mass is 32.2. The van der Waals surface area contributed by atoms with Gasteiger partial charge in [0.15, 0.2) is 0 Å². The Kier molecular flexibility index (Phi) is 4.78. The van der Waals surface area contributed by atoms with Crippen molar-refractivity contribution in [2.24, 2.45) is 0 Å². The molecule has 0 bridgehead atoms. The lowest BCUT2D eigenvalue weighted by Crippen LogP contribution is -2.24. The number of thioether (sulfide) groups is 1. The molecule has 0 saturated carbocycles. The van der Waals surface area contributed by atoms with E-state index in [1.807, 2.05) is 43.5 Å². The average molecular weight is 278 g/mol. The molecule has 0 atom stereocenters. The van der Waals surface area contributed by atoms with Crippen LogP contribution in [-0.4, -0.2) is 16.6 Å². The Balaban J connectivity index is 1.73. The predicted molar refractivity (Wildman–Crippen MR) is 75.9 cm³/mol. The molecule has 0 unspecified atom stereocenters. The van der Waals surface area contributed by atoms with Gasteiger partial charge in [-0.15, -0.1) is 23.1 Å². The number of rotatable bonds is 5. The number of thiazole rings is 1. The minimum absolute atomic E-state index is 0.0508. The van der Waals surface area contributed by atoms with Crippen LogP contribution in [0.3, 0.4) is 0 Å².